The van der Waals surface area contributed by atoms with Crippen LogP contribution in [-0.4, -0.2) is 52.9 Å². The summed E-state index contributed by atoms with van der Waals surface area (Å²) >= 11 is 0. The van der Waals surface area contributed by atoms with E-state index in [1.54, 1.807) is 34.9 Å². The summed E-state index contributed by atoms with van der Waals surface area (Å²) in [4.78, 5) is 28.3. The fraction of sp³-hybridized carbons (Fsp3) is 0.368. The molecule has 1 N–H and O–H groups in total. The van der Waals surface area contributed by atoms with Crippen molar-refractivity contribution < 1.29 is 19.1 Å². The lowest BCUT2D eigenvalue weighted by Gasteiger charge is -2.34. The minimum Gasteiger partial charge on any atom is -0.508 e. The van der Waals surface area contributed by atoms with Crippen LogP contribution < -0.4 is 0 Å². The molecule has 0 radical (unpaired) electrons. The number of phenols is 1. The van der Waals surface area contributed by atoms with Gasteiger partial charge in [0.25, 0.3) is 5.91 Å². The highest BCUT2D eigenvalue weighted by Crippen LogP contribution is 2.18. The Labute approximate surface area is 146 Å². The molecule has 25 heavy (non-hydrogen) atoms. The van der Waals surface area contributed by atoms with Crippen molar-refractivity contribution >= 4 is 11.8 Å². The van der Waals surface area contributed by atoms with Gasteiger partial charge in [-0.1, -0.05) is 18.2 Å². The van der Waals surface area contributed by atoms with Gasteiger partial charge in [0.05, 0.1) is 11.8 Å². The first-order chi connectivity index (χ1) is 12.1. The van der Waals surface area contributed by atoms with Gasteiger partial charge in [-0.05, 0) is 31.0 Å². The van der Waals surface area contributed by atoms with E-state index >= 15 is 0 Å². The monoisotopic (exact) mass is 342 g/mol. The first-order valence-electron chi connectivity index (χ1n) is 8.44. The number of furan rings is 1. The van der Waals surface area contributed by atoms with Gasteiger partial charge in [0.1, 0.15) is 11.5 Å². The number of rotatable bonds is 4. The zero-order valence-corrected chi connectivity index (χ0v) is 14.3. The summed E-state index contributed by atoms with van der Waals surface area (Å²) in [5.74, 6) is 0.842. The topological polar surface area (TPSA) is 74.0 Å². The third-order valence-corrected chi connectivity index (χ3v) is 4.61. The van der Waals surface area contributed by atoms with Gasteiger partial charge in [-0.15, -0.1) is 0 Å². The van der Waals surface area contributed by atoms with Crippen molar-refractivity contribution in [1.82, 2.24) is 9.80 Å². The molecule has 0 unspecified atom stereocenters. The number of para-hydroxylation sites is 1. The Morgan fingerprint density at radius 2 is 1.76 bits per heavy atom. The first kappa shape index (κ1) is 17.1. The van der Waals surface area contributed by atoms with E-state index in [0.717, 1.165) is 5.56 Å². The van der Waals surface area contributed by atoms with Gasteiger partial charge < -0.3 is 19.3 Å². The van der Waals surface area contributed by atoms with Crippen LogP contribution in [0.1, 0.15) is 28.1 Å². The smallest absolute Gasteiger partial charge is 0.257 e. The molecule has 1 aromatic heterocycles. The van der Waals surface area contributed by atoms with E-state index in [1.165, 1.54) is 6.26 Å². The Morgan fingerprint density at radius 1 is 1.08 bits per heavy atom. The van der Waals surface area contributed by atoms with E-state index in [4.69, 9.17) is 4.42 Å². The van der Waals surface area contributed by atoms with Gasteiger partial charge in [-0.25, -0.2) is 0 Å². The number of aromatic hydroxyl groups is 1. The number of aryl methyl sites for hydroxylation is 2. The van der Waals surface area contributed by atoms with Crippen LogP contribution in [0.25, 0.3) is 0 Å². The van der Waals surface area contributed by atoms with Crippen LogP contribution in [0.3, 0.4) is 0 Å². The number of amides is 2. The molecule has 6 nitrogen and oxygen atoms in total. The second kappa shape index (κ2) is 7.42. The van der Waals surface area contributed by atoms with E-state index in [1.807, 2.05) is 12.1 Å². The maximum absolute atomic E-state index is 12.4. The number of hydrogen-bond acceptors (Lipinski definition) is 4. The van der Waals surface area contributed by atoms with Crippen molar-refractivity contribution in [3.05, 3.63) is 53.5 Å². The molecule has 3 rings (SSSR count). The summed E-state index contributed by atoms with van der Waals surface area (Å²) in [7, 11) is 0. The molecule has 0 atom stereocenters. The molecule has 1 aliphatic rings. The number of carbonyl (C=O) groups is 2. The Hall–Kier alpha value is -2.76. The molecule has 2 heterocycles. The zero-order valence-electron chi connectivity index (χ0n) is 14.3. The minimum absolute atomic E-state index is 0.0486. The lowest BCUT2D eigenvalue weighted by molar-refractivity contribution is -0.132. The molecule has 1 aromatic carbocycles. The maximum Gasteiger partial charge on any atom is 0.257 e. The predicted octanol–water partition coefficient (Wildman–Crippen LogP) is 2.21. The summed E-state index contributed by atoms with van der Waals surface area (Å²) in [5.41, 5.74) is 1.36. The van der Waals surface area contributed by atoms with Gasteiger partial charge in [0.2, 0.25) is 5.91 Å². The average molecular weight is 342 g/mol. The highest BCUT2D eigenvalue weighted by Gasteiger charge is 2.26. The molecule has 1 aliphatic heterocycles. The van der Waals surface area contributed by atoms with Gasteiger partial charge in [0.15, 0.2) is 0 Å². The molecule has 0 aliphatic carbocycles. The molecule has 132 valence electrons. The van der Waals surface area contributed by atoms with Crippen molar-refractivity contribution in [3.63, 3.8) is 0 Å². The number of hydrogen-bond donors (Lipinski definition) is 1. The normalized spacial score (nSPS) is 14.6. The summed E-state index contributed by atoms with van der Waals surface area (Å²) in [6, 6.07) is 8.75. The number of carbonyl (C=O) groups excluding carboxylic acids is 2. The Morgan fingerprint density at radius 3 is 2.40 bits per heavy atom. The summed E-state index contributed by atoms with van der Waals surface area (Å²) in [6.07, 6.45) is 2.38. The molecule has 2 aromatic rings. The number of piperazine rings is 1. The Bertz CT molecular complexity index is 760. The fourth-order valence-corrected chi connectivity index (χ4v) is 3.06. The Kier molecular flexibility index (Phi) is 5.07. The fourth-order valence-electron chi connectivity index (χ4n) is 3.06. The van der Waals surface area contributed by atoms with Crippen molar-refractivity contribution in [2.45, 2.75) is 19.8 Å². The lowest BCUT2D eigenvalue weighted by atomic mass is 10.1. The predicted molar refractivity (Wildman–Crippen MR) is 92.4 cm³/mol. The van der Waals surface area contributed by atoms with E-state index in [-0.39, 0.29) is 17.6 Å². The van der Waals surface area contributed by atoms with Crippen LogP contribution in [0, 0.1) is 6.92 Å². The van der Waals surface area contributed by atoms with Gasteiger partial charge in [-0.2, -0.15) is 0 Å². The maximum atomic E-state index is 12.4. The van der Waals surface area contributed by atoms with E-state index in [2.05, 4.69) is 0 Å². The second-order valence-electron chi connectivity index (χ2n) is 6.19. The highest BCUT2D eigenvalue weighted by atomic mass is 16.3. The standard InChI is InChI=1S/C19H22N2O4/c1-14-16(8-13-25-14)19(24)21-11-9-20(10-12-21)18(23)7-6-15-4-2-3-5-17(15)22/h2-5,8,13,22H,6-7,9-12H2,1H3. The van der Waals surface area contributed by atoms with Crippen LogP contribution in [0.2, 0.25) is 0 Å². The minimum atomic E-state index is -0.0486. The van der Waals surface area contributed by atoms with Crippen molar-refractivity contribution in [1.29, 1.82) is 0 Å². The van der Waals surface area contributed by atoms with Crippen LogP contribution >= 0.6 is 0 Å². The highest BCUT2D eigenvalue weighted by molar-refractivity contribution is 5.95. The molecular weight excluding hydrogens is 320 g/mol. The largest absolute Gasteiger partial charge is 0.508 e. The molecule has 1 saturated heterocycles. The van der Waals surface area contributed by atoms with E-state index < -0.39 is 0 Å². The van der Waals surface area contributed by atoms with Crippen LogP contribution in [-0.2, 0) is 11.2 Å². The van der Waals surface area contributed by atoms with E-state index in [0.29, 0.717) is 50.3 Å². The summed E-state index contributed by atoms with van der Waals surface area (Å²) in [5, 5.41) is 9.77. The molecular formula is C19H22N2O4. The van der Waals surface area contributed by atoms with Crippen molar-refractivity contribution in [2.75, 3.05) is 26.2 Å². The zero-order chi connectivity index (χ0) is 17.8. The number of nitrogens with zero attached hydrogens (tertiary/aromatic N) is 2. The van der Waals surface area contributed by atoms with Crippen LogP contribution in [0.15, 0.2) is 41.0 Å². The molecule has 1 fully saturated rings. The third-order valence-electron chi connectivity index (χ3n) is 4.61. The number of benzene rings is 1. The molecule has 2 amide bonds. The van der Waals surface area contributed by atoms with E-state index in [9.17, 15) is 14.7 Å². The Balaban J connectivity index is 1.50. The lowest BCUT2D eigenvalue weighted by Crippen LogP contribution is -2.50. The van der Waals surface area contributed by atoms with Crippen LogP contribution in [0.5, 0.6) is 5.75 Å². The second-order valence-corrected chi connectivity index (χ2v) is 6.19. The summed E-state index contributed by atoms with van der Waals surface area (Å²) in [6.45, 7) is 3.87. The van der Waals surface area contributed by atoms with Crippen LogP contribution in [0.4, 0.5) is 0 Å². The molecule has 0 spiro atoms. The molecule has 6 heteroatoms. The first-order valence-corrected chi connectivity index (χ1v) is 8.44. The van der Waals surface area contributed by atoms with Gasteiger partial charge >= 0.3 is 0 Å². The molecule has 0 saturated carbocycles. The quantitative estimate of drug-likeness (QED) is 0.924. The van der Waals surface area contributed by atoms with Crippen molar-refractivity contribution in [2.24, 2.45) is 0 Å². The number of phenolic OH excluding ortho intramolecular Hbond substituents is 1. The van der Waals surface area contributed by atoms with Gasteiger partial charge in [0, 0.05) is 32.6 Å². The summed E-state index contributed by atoms with van der Waals surface area (Å²) < 4.78 is 5.19. The SMILES string of the molecule is Cc1occc1C(=O)N1CCN(C(=O)CCc2ccccc2O)CC1. The van der Waals surface area contributed by atoms with Gasteiger partial charge in [-0.3, -0.25) is 9.59 Å². The molecule has 0 bridgehead atoms. The van der Waals surface area contributed by atoms with Crippen molar-refractivity contribution in [3.8, 4) is 5.75 Å². The average Bonchev–Trinajstić information content (AvgIpc) is 3.06. The third kappa shape index (κ3) is 3.84.